The summed E-state index contributed by atoms with van der Waals surface area (Å²) in [4.78, 5) is 20.6. The Labute approximate surface area is 146 Å². The first-order valence-electron chi connectivity index (χ1n) is 8.29. The SMILES string of the molecule is CC(Cn1cccn1)NC(=O)N1CCN(c2cc(C#N)ccn2)CC1. The van der Waals surface area contributed by atoms with E-state index in [-0.39, 0.29) is 12.1 Å². The molecule has 130 valence electrons. The first-order valence-corrected chi connectivity index (χ1v) is 8.29. The highest BCUT2D eigenvalue weighted by molar-refractivity contribution is 5.74. The van der Waals surface area contributed by atoms with Crippen molar-refractivity contribution in [1.82, 2.24) is 25.0 Å². The Morgan fingerprint density at radius 1 is 1.36 bits per heavy atom. The third-order valence-electron chi connectivity index (χ3n) is 4.16. The number of nitriles is 1. The Hall–Kier alpha value is -3.08. The number of rotatable bonds is 4. The average Bonchev–Trinajstić information content (AvgIpc) is 3.14. The standard InChI is InChI=1S/C17H21N7O/c1-14(13-24-6-2-4-20-24)21-17(25)23-9-7-22(8-10-23)16-11-15(12-18)3-5-19-16/h2-6,11,14H,7-10,13H2,1H3,(H,21,25). The molecular weight excluding hydrogens is 318 g/mol. The van der Waals surface area contributed by atoms with Crippen LogP contribution in [-0.2, 0) is 6.54 Å². The van der Waals surface area contributed by atoms with Crippen LogP contribution in [0.1, 0.15) is 12.5 Å². The lowest BCUT2D eigenvalue weighted by molar-refractivity contribution is 0.189. The van der Waals surface area contributed by atoms with Gasteiger partial charge in [0.1, 0.15) is 5.82 Å². The summed E-state index contributed by atoms with van der Waals surface area (Å²) in [6.45, 7) is 5.25. The van der Waals surface area contributed by atoms with E-state index in [0.717, 1.165) is 5.82 Å². The van der Waals surface area contributed by atoms with Crippen LogP contribution in [-0.4, -0.2) is 57.9 Å². The monoisotopic (exact) mass is 339 g/mol. The molecule has 1 aliphatic heterocycles. The highest BCUT2D eigenvalue weighted by Gasteiger charge is 2.23. The number of hydrogen-bond acceptors (Lipinski definition) is 5. The van der Waals surface area contributed by atoms with Gasteiger partial charge in [-0.15, -0.1) is 0 Å². The molecule has 2 amide bonds. The van der Waals surface area contributed by atoms with Crippen LogP contribution in [0.3, 0.4) is 0 Å². The van der Waals surface area contributed by atoms with Crippen molar-refractivity contribution >= 4 is 11.8 Å². The van der Waals surface area contributed by atoms with Crippen molar-refractivity contribution in [2.75, 3.05) is 31.1 Å². The van der Waals surface area contributed by atoms with E-state index in [0.29, 0.717) is 38.3 Å². The molecule has 1 saturated heterocycles. The zero-order valence-electron chi connectivity index (χ0n) is 14.2. The van der Waals surface area contributed by atoms with Gasteiger partial charge in [0.05, 0.1) is 18.2 Å². The molecule has 3 rings (SSSR count). The fraction of sp³-hybridized carbons (Fsp3) is 0.412. The predicted molar refractivity (Wildman–Crippen MR) is 93.0 cm³/mol. The van der Waals surface area contributed by atoms with Crippen molar-refractivity contribution in [3.8, 4) is 6.07 Å². The van der Waals surface area contributed by atoms with Gasteiger partial charge in [-0.1, -0.05) is 0 Å². The molecular formula is C17H21N7O. The number of carbonyl (C=O) groups is 1. The van der Waals surface area contributed by atoms with Gasteiger partial charge in [-0.3, -0.25) is 4.68 Å². The summed E-state index contributed by atoms with van der Waals surface area (Å²) in [6, 6.07) is 7.40. The van der Waals surface area contributed by atoms with Crippen LogP contribution < -0.4 is 10.2 Å². The first-order chi connectivity index (χ1) is 12.2. The highest BCUT2D eigenvalue weighted by atomic mass is 16.2. The van der Waals surface area contributed by atoms with E-state index in [1.807, 2.05) is 24.1 Å². The third-order valence-corrected chi connectivity index (χ3v) is 4.16. The van der Waals surface area contributed by atoms with E-state index in [1.54, 1.807) is 29.2 Å². The van der Waals surface area contributed by atoms with Gasteiger partial charge in [0.25, 0.3) is 0 Å². The molecule has 2 aromatic rings. The minimum Gasteiger partial charge on any atom is -0.353 e. The molecule has 1 fully saturated rings. The number of hydrogen-bond donors (Lipinski definition) is 1. The van der Waals surface area contributed by atoms with Gasteiger partial charge >= 0.3 is 6.03 Å². The van der Waals surface area contributed by atoms with Crippen LogP contribution in [0, 0.1) is 11.3 Å². The Kier molecular flexibility index (Phi) is 5.14. The van der Waals surface area contributed by atoms with E-state index >= 15 is 0 Å². The number of amides is 2. The Bertz CT molecular complexity index is 745. The summed E-state index contributed by atoms with van der Waals surface area (Å²) >= 11 is 0. The maximum absolute atomic E-state index is 12.4. The number of pyridine rings is 1. The molecule has 3 heterocycles. The van der Waals surface area contributed by atoms with Crippen LogP contribution in [0.5, 0.6) is 0 Å². The summed E-state index contributed by atoms with van der Waals surface area (Å²) in [5.41, 5.74) is 0.595. The lowest BCUT2D eigenvalue weighted by atomic mass is 10.2. The summed E-state index contributed by atoms with van der Waals surface area (Å²) < 4.78 is 1.80. The Balaban J connectivity index is 1.49. The Morgan fingerprint density at radius 3 is 2.84 bits per heavy atom. The number of nitrogens with zero attached hydrogens (tertiary/aromatic N) is 6. The van der Waals surface area contributed by atoms with Gasteiger partial charge in [-0.2, -0.15) is 10.4 Å². The normalized spacial score (nSPS) is 15.5. The molecule has 8 heteroatoms. The molecule has 0 aromatic carbocycles. The van der Waals surface area contributed by atoms with Crippen molar-refractivity contribution < 1.29 is 4.79 Å². The number of anilines is 1. The van der Waals surface area contributed by atoms with Crippen LogP contribution in [0.4, 0.5) is 10.6 Å². The maximum atomic E-state index is 12.4. The van der Waals surface area contributed by atoms with E-state index in [2.05, 4.69) is 26.4 Å². The number of carbonyl (C=O) groups excluding carboxylic acids is 1. The molecule has 2 aromatic heterocycles. The number of aromatic nitrogens is 3. The van der Waals surface area contributed by atoms with Gasteiger partial charge in [0.2, 0.25) is 0 Å². The molecule has 0 aliphatic carbocycles. The first kappa shape index (κ1) is 16.8. The van der Waals surface area contributed by atoms with Gasteiger partial charge in [0.15, 0.2) is 0 Å². The molecule has 8 nitrogen and oxygen atoms in total. The molecule has 0 spiro atoms. The van der Waals surface area contributed by atoms with Gasteiger partial charge in [0, 0.05) is 50.8 Å². The third kappa shape index (κ3) is 4.26. The predicted octanol–water partition coefficient (Wildman–Crippen LogP) is 1.07. The zero-order chi connectivity index (χ0) is 17.6. The summed E-state index contributed by atoms with van der Waals surface area (Å²) in [7, 11) is 0. The second kappa shape index (κ2) is 7.66. The summed E-state index contributed by atoms with van der Waals surface area (Å²) in [5, 5.41) is 16.1. The second-order valence-electron chi connectivity index (χ2n) is 6.07. The van der Waals surface area contributed by atoms with Crippen LogP contribution in [0.25, 0.3) is 0 Å². The van der Waals surface area contributed by atoms with Gasteiger partial charge < -0.3 is 15.1 Å². The van der Waals surface area contributed by atoms with Crippen molar-refractivity contribution in [3.63, 3.8) is 0 Å². The number of nitrogens with one attached hydrogen (secondary N) is 1. The Morgan fingerprint density at radius 2 is 2.16 bits per heavy atom. The minimum absolute atomic E-state index is 0.000550. The van der Waals surface area contributed by atoms with Crippen LogP contribution in [0.2, 0.25) is 0 Å². The maximum Gasteiger partial charge on any atom is 0.317 e. The van der Waals surface area contributed by atoms with E-state index in [4.69, 9.17) is 5.26 Å². The molecule has 1 aliphatic rings. The summed E-state index contributed by atoms with van der Waals surface area (Å²) in [5.74, 6) is 0.783. The fourth-order valence-corrected chi connectivity index (χ4v) is 2.84. The molecule has 0 bridgehead atoms. The van der Waals surface area contributed by atoms with Crippen molar-refractivity contribution in [3.05, 3.63) is 42.4 Å². The van der Waals surface area contributed by atoms with Crippen molar-refractivity contribution in [1.29, 1.82) is 5.26 Å². The number of piperazine rings is 1. The highest BCUT2D eigenvalue weighted by Crippen LogP contribution is 2.14. The molecule has 1 atom stereocenters. The topological polar surface area (TPSA) is 90.1 Å². The molecule has 1 N–H and O–H groups in total. The van der Waals surface area contributed by atoms with Gasteiger partial charge in [-0.05, 0) is 25.1 Å². The molecule has 0 radical (unpaired) electrons. The van der Waals surface area contributed by atoms with E-state index < -0.39 is 0 Å². The molecule has 0 saturated carbocycles. The largest absolute Gasteiger partial charge is 0.353 e. The van der Waals surface area contributed by atoms with Crippen molar-refractivity contribution in [2.24, 2.45) is 0 Å². The average molecular weight is 339 g/mol. The summed E-state index contributed by atoms with van der Waals surface area (Å²) in [6.07, 6.45) is 5.25. The van der Waals surface area contributed by atoms with Crippen LogP contribution in [0.15, 0.2) is 36.8 Å². The minimum atomic E-state index is -0.0574. The zero-order valence-corrected chi connectivity index (χ0v) is 14.2. The fourth-order valence-electron chi connectivity index (χ4n) is 2.84. The van der Waals surface area contributed by atoms with E-state index in [9.17, 15) is 4.79 Å². The van der Waals surface area contributed by atoms with Crippen molar-refractivity contribution in [2.45, 2.75) is 19.5 Å². The quantitative estimate of drug-likeness (QED) is 0.900. The number of urea groups is 1. The lowest BCUT2D eigenvalue weighted by Crippen LogP contribution is -2.53. The molecule has 25 heavy (non-hydrogen) atoms. The van der Waals surface area contributed by atoms with Gasteiger partial charge in [-0.25, -0.2) is 9.78 Å². The smallest absolute Gasteiger partial charge is 0.317 e. The van der Waals surface area contributed by atoms with E-state index in [1.165, 1.54) is 0 Å². The molecule has 1 unspecified atom stereocenters. The second-order valence-corrected chi connectivity index (χ2v) is 6.07. The van der Waals surface area contributed by atoms with Crippen LogP contribution >= 0.6 is 0 Å². The lowest BCUT2D eigenvalue weighted by Gasteiger charge is -2.35.